The Morgan fingerprint density at radius 2 is 1.89 bits per heavy atom. The summed E-state index contributed by atoms with van der Waals surface area (Å²) in [5.41, 5.74) is 3.12. The first-order valence-electron chi connectivity index (χ1n) is 6.19. The number of Topliss-reactive ketones (excluding diaryl/α,β-unsaturated/α-hetero) is 1. The maximum atomic E-state index is 11.6. The van der Waals surface area contributed by atoms with Gasteiger partial charge in [0.1, 0.15) is 0 Å². The second-order valence-corrected chi connectivity index (χ2v) is 5.44. The number of hydrogen-bond donors (Lipinski definition) is 0. The Kier molecular flexibility index (Phi) is 3.22. The summed E-state index contributed by atoms with van der Waals surface area (Å²) in [7, 11) is 0. The fraction of sp³-hybridized carbons (Fsp3) is 0.125. The lowest BCUT2D eigenvalue weighted by Crippen LogP contribution is -2.14. The summed E-state index contributed by atoms with van der Waals surface area (Å²) in [6.07, 6.45) is 2.12. The van der Waals surface area contributed by atoms with E-state index in [1.54, 1.807) is 18.7 Å². The number of hydrogen-bond acceptors (Lipinski definition) is 2. The van der Waals surface area contributed by atoms with E-state index in [0.29, 0.717) is 0 Å². The molecular weight excluding hydrogens is 254 g/mol. The van der Waals surface area contributed by atoms with Gasteiger partial charge in [0, 0.05) is 22.6 Å². The number of benzene rings is 2. The van der Waals surface area contributed by atoms with E-state index in [4.69, 9.17) is 0 Å². The first-order valence-corrected chi connectivity index (χ1v) is 7.17. The molecule has 94 valence electrons. The van der Waals surface area contributed by atoms with Crippen molar-refractivity contribution in [1.82, 2.24) is 0 Å². The number of ketones is 1. The van der Waals surface area contributed by atoms with Crippen LogP contribution in [0.3, 0.4) is 0 Å². The summed E-state index contributed by atoms with van der Waals surface area (Å²) >= 11 is 1.72. The van der Waals surface area contributed by atoms with E-state index in [9.17, 15) is 4.79 Å². The van der Waals surface area contributed by atoms with E-state index in [2.05, 4.69) is 29.0 Å². The van der Waals surface area contributed by atoms with Crippen molar-refractivity contribution in [3.8, 4) is 0 Å². The molecule has 0 bridgehead atoms. The molecule has 0 aliphatic carbocycles. The van der Waals surface area contributed by atoms with Gasteiger partial charge in [0.25, 0.3) is 0 Å². The smallest absolute Gasteiger partial charge is 0.205 e. The zero-order valence-corrected chi connectivity index (χ0v) is 11.5. The fourth-order valence-corrected chi connectivity index (χ4v) is 3.35. The van der Waals surface area contributed by atoms with Gasteiger partial charge in [-0.15, -0.1) is 0 Å². The minimum absolute atomic E-state index is 0.130. The number of carbonyl (C=O) groups excluding carboxylic acids is 1. The molecule has 2 aromatic rings. The zero-order valence-electron chi connectivity index (χ0n) is 10.7. The fourth-order valence-electron chi connectivity index (χ4n) is 2.20. The molecule has 0 fully saturated rings. The molecule has 0 aromatic heterocycles. The summed E-state index contributed by atoms with van der Waals surface area (Å²) in [5.74, 6) is 0.965. The average Bonchev–Trinajstić information content (AvgIpc) is 2.47. The van der Waals surface area contributed by atoms with E-state index >= 15 is 0 Å². The Morgan fingerprint density at radius 1 is 1.11 bits per heavy atom. The van der Waals surface area contributed by atoms with Crippen molar-refractivity contribution in [3.63, 3.8) is 0 Å². The standard InChI is InChI=1S/C16H14NOS/c1-12(18)15-9-5-6-13-10-17(11-19-16(13)15)14-7-3-2-4-8-14/h2-10H,11H2,1H3/q+1. The second kappa shape index (κ2) is 5.02. The highest BCUT2D eigenvalue weighted by atomic mass is 32.2. The third kappa shape index (κ3) is 2.34. The van der Waals surface area contributed by atoms with Gasteiger partial charge in [-0.3, -0.25) is 4.79 Å². The summed E-state index contributed by atoms with van der Waals surface area (Å²) in [6.45, 7) is 1.62. The first-order chi connectivity index (χ1) is 9.25. The molecular formula is C16H14NOS+. The summed E-state index contributed by atoms with van der Waals surface area (Å²) < 4.78 is 2.21. The van der Waals surface area contributed by atoms with Crippen LogP contribution >= 0.6 is 11.8 Å². The Balaban J connectivity index is 2.07. The Hall–Kier alpha value is -1.87. The lowest BCUT2D eigenvalue weighted by molar-refractivity contribution is -0.411. The molecule has 0 radical (unpaired) electrons. The summed E-state index contributed by atoms with van der Waals surface area (Å²) in [6, 6.07) is 16.2. The van der Waals surface area contributed by atoms with Crippen LogP contribution in [0.25, 0.3) is 0 Å². The van der Waals surface area contributed by atoms with Gasteiger partial charge in [0.2, 0.25) is 5.69 Å². The summed E-state index contributed by atoms with van der Waals surface area (Å²) in [5, 5.41) is 0. The van der Waals surface area contributed by atoms with Crippen molar-refractivity contribution in [2.24, 2.45) is 0 Å². The maximum absolute atomic E-state index is 11.6. The molecule has 0 saturated carbocycles. The van der Waals surface area contributed by atoms with E-state index in [1.165, 1.54) is 5.69 Å². The van der Waals surface area contributed by atoms with Crippen LogP contribution in [0.1, 0.15) is 22.8 Å². The minimum atomic E-state index is 0.130. The average molecular weight is 268 g/mol. The molecule has 0 saturated heterocycles. The Labute approximate surface area is 116 Å². The number of fused-ring (bicyclic) bond motifs is 1. The van der Waals surface area contributed by atoms with Gasteiger partial charge in [-0.05, 0) is 13.0 Å². The van der Waals surface area contributed by atoms with Crippen LogP contribution in [0, 0.1) is 0 Å². The third-order valence-corrected chi connectivity index (χ3v) is 4.31. The monoisotopic (exact) mass is 268 g/mol. The number of rotatable bonds is 2. The highest BCUT2D eigenvalue weighted by Crippen LogP contribution is 2.31. The molecule has 0 spiro atoms. The van der Waals surface area contributed by atoms with E-state index in [1.807, 2.05) is 30.3 Å². The van der Waals surface area contributed by atoms with E-state index in [-0.39, 0.29) is 5.78 Å². The second-order valence-electron chi connectivity index (χ2n) is 4.49. The van der Waals surface area contributed by atoms with Crippen LogP contribution < -0.4 is 0 Å². The van der Waals surface area contributed by atoms with Gasteiger partial charge in [0.15, 0.2) is 17.9 Å². The van der Waals surface area contributed by atoms with Crippen LogP contribution in [-0.2, 0) is 0 Å². The normalized spacial score (nSPS) is 13.6. The number of carbonyl (C=O) groups is 1. The van der Waals surface area contributed by atoms with Crippen molar-refractivity contribution in [3.05, 3.63) is 59.7 Å². The van der Waals surface area contributed by atoms with Crippen molar-refractivity contribution < 1.29 is 9.37 Å². The van der Waals surface area contributed by atoms with E-state index < -0.39 is 0 Å². The molecule has 2 nitrogen and oxygen atoms in total. The highest BCUT2D eigenvalue weighted by Gasteiger charge is 2.21. The molecule has 0 unspecified atom stereocenters. The van der Waals surface area contributed by atoms with Crippen LogP contribution in [0.5, 0.6) is 0 Å². The van der Waals surface area contributed by atoms with Gasteiger partial charge in [-0.1, -0.05) is 42.1 Å². The lowest BCUT2D eigenvalue weighted by atomic mass is 10.1. The van der Waals surface area contributed by atoms with Crippen LogP contribution in [0.4, 0.5) is 5.69 Å². The third-order valence-electron chi connectivity index (χ3n) is 3.16. The van der Waals surface area contributed by atoms with Gasteiger partial charge >= 0.3 is 0 Å². The van der Waals surface area contributed by atoms with Gasteiger partial charge in [-0.25, -0.2) is 0 Å². The van der Waals surface area contributed by atoms with Gasteiger partial charge in [0.05, 0.1) is 5.56 Å². The molecule has 1 aliphatic rings. The molecule has 0 amide bonds. The molecule has 1 aliphatic heterocycles. The predicted octanol–water partition coefficient (Wildman–Crippen LogP) is 3.72. The molecule has 0 N–H and O–H groups in total. The minimum Gasteiger partial charge on any atom is -0.294 e. The largest absolute Gasteiger partial charge is 0.294 e. The Bertz CT molecular complexity index is 662. The predicted molar refractivity (Wildman–Crippen MR) is 78.7 cm³/mol. The lowest BCUT2D eigenvalue weighted by Gasteiger charge is -2.13. The molecule has 3 heteroatoms. The molecule has 19 heavy (non-hydrogen) atoms. The number of para-hydroxylation sites is 1. The molecule has 1 heterocycles. The highest BCUT2D eigenvalue weighted by molar-refractivity contribution is 7.99. The van der Waals surface area contributed by atoms with Crippen molar-refractivity contribution in [2.45, 2.75) is 11.8 Å². The van der Waals surface area contributed by atoms with Crippen LogP contribution in [0.2, 0.25) is 0 Å². The molecule has 2 aromatic carbocycles. The van der Waals surface area contributed by atoms with Gasteiger partial charge in [-0.2, -0.15) is 4.58 Å². The van der Waals surface area contributed by atoms with Gasteiger partial charge < -0.3 is 0 Å². The maximum Gasteiger partial charge on any atom is 0.205 e. The SMILES string of the molecule is CC(=O)c1cccc2c1SC[N+](c1ccccc1)=C2. The summed E-state index contributed by atoms with van der Waals surface area (Å²) in [4.78, 5) is 12.7. The van der Waals surface area contributed by atoms with Crippen molar-refractivity contribution in [1.29, 1.82) is 0 Å². The first kappa shape index (κ1) is 12.2. The van der Waals surface area contributed by atoms with Crippen LogP contribution in [0.15, 0.2) is 53.4 Å². The van der Waals surface area contributed by atoms with Crippen LogP contribution in [-0.4, -0.2) is 22.5 Å². The number of nitrogens with zero attached hydrogens (tertiary/aromatic N) is 1. The van der Waals surface area contributed by atoms with Crippen molar-refractivity contribution in [2.75, 3.05) is 5.88 Å². The topological polar surface area (TPSA) is 20.1 Å². The Morgan fingerprint density at radius 3 is 2.63 bits per heavy atom. The molecule has 0 atom stereocenters. The zero-order chi connectivity index (χ0) is 13.2. The van der Waals surface area contributed by atoms with Crippen molar-refractivity contribution >= 4 is 29.4 Å². The quantitative estimate of drug-likeness (QED) is 0.611. The molecule has 3 rings (SSSR count). The number of thioether (sulfide) groups is 1. The van der Waals surface area contributed by atoms with E-state index in [0.717, 1.165) is 21.9 Å².